The second-order valence-electron chi connectivity index (χ2n) is 5.77. The monoisotopic (exact) mass is 370 g/mol. The predicted octanol–water partition coefficient (Wildman–Crippen LogP) is 2.76. The molecule has 0 aliphatic rings. The molecule has 142 valence electrons. The van der Waals surface area contributed by atoms with Gasteiger partial charge >= 0.3 is 5.97 Å². The highest BCUT2D eigenvalue weighted by atomic mass is 16.5. The predicted molar refractivity (Wildman–Crippen MR) is 101 cm³/mol. The molecule has 3 N–H and O–H groups in total. The number of hydrogen-bond donors (Lipinski definition) is 2. The summed E-state index contributed by atoms with van der Waals surface area (Å²) >= 11 is 0. The Hall–Kier alpha value is -3.35. The zero-order valence-corrected chi connectivity index (χ0v) is 15.1. The van der Waals surface area contributed by atoms with Crippen LogP contribution in [0.25, 0.3) is 0 Å². The lowest BCUT2D eigenvalue weighted by Crippen LogP contribution is -2.21. The fourth-order valence-corrected chi connectivity index (χ4v) is 2.21. The molecule has 0 fully saturated rings. The topological polar surface area (TPSA) is 108 Å². The third-order valence-corrected chi connectivity index (χ3v) is 3.61. The van der Waals surface area contributed by atoms with Crippen molar-refractivity contribution >= 4 is 23.5 Å². The Balaban J connectivity index is 2.02. The molecule has 2 amide bonds. The summed E-state index contributed by atoms with van der Waals surface area (Å²) in [6.45, 7) is 2.08. The first-order valence-electron chi connectivity index (χ1n) is 8.60. The van der Waals surface area contributed by atoms with Gasteiger partial charge < -0.3 is 20.5 Å². The van der Waals surface area contributed by atoms with Gasteiger partial charge in [0, 0.05) is 5.69 Å². The highest BCUT2D eigenvalue weighted by molar-refractivity contribution is 6.06. The molecule has 0 atom stereocenters. The van der Waals surface area contributed by atoms with Gasteiger partial charge in [-0.2, -0.15) is 0 Å². The standard InChI is InChI=1S/C20H22N2O5/c1-2-3-12-26-20(25)14-8-10-15(11-9-14)22-19(24)16-6-4-5-7-17(16)27-13-18(21)23/h4-11H,2-3,12-13H2,1H3,(H2,21,23)(H,22,24). The maximum Gasteiger partial charge on any atom is 0.338 e. The van der Waals surface area contributed by atoms with E-state index in [1.54, 1.807) is 48.5 Å². The maximum atomic E-state index is 12.5. The summed E-state index contributed by atoms with van der Waals surface area (Å²) in [5.41, 5.74) is 6.25. The molecule has 0 unspecified atom stereocenters. The van der Waals surface area contributed by atoms with Gasteiger partial charge in [0.05, 0.1) is 17.7 Å². The molecule has 0 saturated heterocycles. The van der Waals surface area contributed by atoms with Crippen LogP contribution in [0.1, 0.15) is 40.5 Å². The van der Waals surface area contributed by atoms with Crippen molar-refractivity contribution in [3.8, 4) is 5.75 Å². The minimum Gasteiger partial charge on any atom is -0.483 e. The van der Waals surface area contributed by atoms with E-state index in [0.717, 1.165) is 12.8 Å². The summed E-state index contributed by atoms with van der Waals surface area (Å²) in [5.74, 6) is -1.18. The number of nitrogens with two attached hydrogens (primary N) is 1. The molecule has 0 aromatic heterocycles. The van der Waals surface area contributed by atoms with E-state index >= 15 is 0 Å². The van der Waals surface area contributed by atoms with Crippen LogP contribution in [0.3, 0.4) is 0 Å². The van der Waals surface area contributed by atoms with E-state index in [4.69, 9.17) is 15.2 Å². The third kappa shape index (κ3) is 6.14. The number of primary amides is 1. The van der Waals surface area contributed by atoms with E-state index in [-0.39, 0.29) is 17.9 Å². The van der Waals surface area contributed by atoms with Gasteiger partial charge in [-0.25, -0.2) is 4.79 Å². The fraction of sp³-hybridized carbons (Fsp3) is 0.250. The van der Waals surface area contributed by atoms with Crippen molar-refractivity contribution in [2.24, 2.45) is 5.73 Å². The maximum absolute atomic E-state index is 12.5. The van der Waals surface area contributed by atoms with Crippen LogP contribution in [0.5, 0.6) is 5.75 Å². The van der Waals surface area contributed by atoms with E-state index in [2.05, 4.69) is 5.32 Å². The van der Waals surface area contributed by atoms with Gasteiger partial charge in [-0.05, 0) is 42.8 Å². The first-order valence-corrected chi connectivity index (χ1v) is 8.60. The molecule has 0 spiro atoms. The Bertz CT molecular complexity index is 802. The minimum atomic E-state index is -0.633. The first-order chi connectivity index (χ1) is 13.0. The van der Waals surface area contributed by atoms with E-state index < -0.39 is 17.8 Å². The molecule has 2 aromatic rings. The Morgan fingerprint density at radius 1 is 1.04 bits per heavy atom. The zero-order chi connectivity index (χ0) is 19.6. The van der Waals surface area contributed by atoms with Gasteiger partial charge in [0.15, 0.2) is 6.61 Å². The van der Waals surface area contributed by atoms with E-state index in [0.29, 0.717) is 17.9 Å². The van der Waals surface area contributed by atoms with Crippen LogP contribution >= 0.6 is 0 Å². The number of esters is 1. The van der Waals surface area contributed by atoms with Crippen molar-refractivity contribution in [3.63, 3.8) is 0 Å². The van der Waals surface area contributed by atoms with Crippen LogP contribution in [-0.4, -0.2) is 31.0 Å². The Morgan fingerprint density at radius 2 is 1.74 bits per heavy atom. The number of carbonyl (C=O) groups is 3. The summed E-state index contributed by atoms with van der Waals surface area (Å²) < 4.78 is 10.4. The van der Waals surface area contributed by atoms with Crippen molar-refractivity contribution < 1.29 is 23.9 Å². The van der Waals surface area contributed by atoms with Crippen LogP contribution in [0.15, 0.2) is 48.5 Å². The number of benzene rings is 2. The molecule has 0 aliphatic carbocycles. The molecule has 2 aromatic carbocycles. The number of unbranched alkanes of at least 4 members (excludes halogenated alkanes) is 1. The molecule has 27 heavy (non-hydrogen) atoms. The largest absolute Gasteiger partial charge is 0.483 e. The quantitative estimate of drug-likeness (QED) is 0.521. The molecular weight excluding hydrogens is 348 g/mol. The Labute approximate surface area is 157 Å². The molecule has 0 bridgehead atoms. The summed E-state index contributed by atoms with van der Waals surface area (Å²) in [6.07, 6.45) is 1.76. The average Bonchev–Trinajstić information content (AvgIpc) is 2.67. The lowest BCUT2D eigenvalue weighted by atomic mass is 10.1. The Kier molecular flexibility index (Phi) is 7.37. The van der Waals surface area contributed by atoms with Gasteiger partial charge in [-0.3, -0.25) is 9.59 Å². The molecule has 0 saturated carbocycles. The molecule has 7 nitrogen and oxygen atoms in total. The van der Waals surface area contributed by atoms with Crippen molar-refractivity contribution in [1.82, 2.24) is 0 Å². The fourth-order valence-electron chi connectivity index (χ4n) is 2.21. The van der Waals surface area contributed by atoms with Gasteiger partial charge in [0.25, 0.3) is 11.8 Å². The van der Waals surface area contributed by atoms with E-state index in [9.17, 15) is 14.4 Å². The summed E-state index contributed by atoms with van der Waals surface area (Å²) in [7, 11) is 0. The van der Waals surface area contributed by atoms with E-state index in [1.165, 1.54) is 0 Å². The number of amides is 2. The first kappa shape index (κ1) is 20.0. The lowest BCUT2D eigenvalue weighted by molar-refractivity contribution is -0.119. The second-order valence-corrected chi connectivity index (χ2v) is 5.77. The van der Waals surface area contributed by atoms with Crippen LogP contribution in [-0.2, 0) is 9.53 Å². The van der Waals surface area contributed by atoms with Crippen molar-refractivity contribution in [2.45, 2.75) is 19.8 Å². The van der Waals surface area contributed by atoms with Gasteiger partial charge in [0.1, 0.15) is 5.75 Å². The number of rotatable bonds is 9. The van der Waals surface area contributed by atoms with Crippen molar-refractivity contribution in [2.75, 3.05) is 18.5 Å². The van der Waals surface area contributed by atoms with Gasteiger partial charge in [-0.15, -0.1) is 0 Å². The van der Waals surface area contributed by atoms with Crippen molar-refractivity contribution in [3.05, 3.63) is 59.7 Å². The summed E-state index contributed by atoms with van der Waals surface area (Å²) in [5, 5.41) is 2.72. The molecule has 0 aliphatic heterocycles. The second kappa shape index (κ2) is 9.96. The molecule has 7 heteroatoms. The Morgan fingerprint density at radius 3 is 2.41 bits per heavy atom. The lowest BCUT2D eigenvalue weighted by Gasteiger charge is -2.11. The van der Waals surface area contributed by atoms with E-state index in [1.807, 2.05) is 6.92 Å². The van der Waals surface area contributed by atoms with Gasteiger partial charge in [-0.1, -0.05) is 25.5 Å². The third-order valence-electron chi connectivity index (χ3n) is 3.61. The summed E-state index contributed by atoms with van der Waals surface area (Å²) in [6, 6.07) is 12.9. The van der Waals surface area contributed by atoms with Crippen LogP contribution in [0.2, 0.25) is 0 Å². The number of nitrogens with one attached hydrogen (secondary N) is 1. The zero-order valence-electron chi connectivity index (χ0n) is 15.1. The molecule has 2 rings (SSSR count). The smallest absolute Gasteiger partial charge is 0.338 e. The van der Waals surface area contributed by atoms with Crippen LogP contribution < -0.4 is 15.8 Å². The normalized spacial score (nSPS) is 10.1. The van der Waals surface area contributed by atoms with Crippen LogP contribution in [0, 0.1) is 0 Å². The number of hydrogen-bond acceptors (Lipinski definition) is 5. The number of anilines is 1. The number of carbonyl (C=O) groups excluding carboxylic acids is 3. The SMILES string of the molecule is CCCCOC(=O)c1ccc(NC(=O)c2ccccc2OCC(N)=O)cc1. The molecular formula is C20H22N2O5. The average molecular weight is 370 g/mol. The van der Waals surface area contributed by atoms with Crippen molar-refractivity contribution in [1.29, 1.82) is 0 Å². The molecule has 0 heterocycles. The number of ether oxygens (including phenoxy) is 2. The number of para-hydroxylation sites is 1. The van der Waals surface area contributed by atoms with Crippen LogP contribution in [0.4, 0.5) is 5.69 Å². The summed E-state index contributed by atoms with van der Waals surface area (Å²) in [4.78, 5) is 35.2. The highest BCUT2D eigenvalue weighted by Crippen LogP contribution is 2.20. The highest BCUT2D eigenvalue weighted by Gasteiger charge is 2.14. The minimum absolute atomic E-state index is 0.255. The van der Waals surface area contributed by atoms with Gasteiger partial charge in [0.2, 0.25) is 0 Å². The molecule has 0 radical (unpaired) electrons.